The Kier molecular flexibility index (Phi) is 8.91. The lowest BCUT2D eigenvalue weighted by atomic mass is 10.2. The van der Waals surface area contributed by atoms with Gasteiger partial charge in [0.2, 0.25) is 0 Å². The van der Waals surface area contributed by atoms with Gasteiger partial charge in [-0.05, 0) is 40.9 Å². The van der Waals surface area contributed by atoms with E-state index in [-0.39, 0.29) is 11.5 Å². The van der Waals surface area contributed by atoms with Gasteiger partial charge < -0.3 is 19.5 Å². The number of rotatable bonds is 8. The van der Waals surface area contributed by atoms with E-state index in [9.17, 15) is 14.4 Å². The Morgan fingerprint density at radius 1 is 1.23 bits per heavy atom. The predicted octanol–water partition coefficient (Wildman–Crippen LogP) is 2.50. The van der Waals surface area contributed by atoms with Crippen molar-refractivity contribution in [2.45, 2.75) is 20.8 Å². The number of benzene rings is 1. The van der Waals surface area contributed by atoms with Crippen molar-refractivity contribution in [3.05, 3.63) is 22.2 Å². The number of ether oxygens (including phenoxy) is 3. The Balaban J connectivity index is 2.64. The molecule has 9 heteroatoms. The van der Waals surface area contributed by atoms with Crippen molar-refractivity contribution in [3.63, 3.8) is 0 Å². The highest BCUT2D eigenvalue weighted by Gasteiger charge is 2.18. The summed E-state index contributed by atoms with van der Waals surface area (Å²) in [5.41, 5.74) is 0.175. The summed E-state index contributed by atoms with van der Waals surface area (Å²) in [4.78, 5) is 35.3. The summed E-state index contributed by atoms with van der Waals surface area (Å²) in [6.07, 6.45) is 0. The zero-order valence-corrected chi connectivity index (χ0v) is 16.8. The maximum atomic E-state index is 12.1. The second-order valence-electron chi connectivity index (χ2n) is 5.65. The molecule has 2 N–H and O–H groups in total. The standard InChI is InChI=1S/C17H23BrN2O6/c1-5-25-15-12(18)6-11(7-13(15)24-4)16(22)26-9-14(21)20-17(23)19-8-10(2)3/h6-7,10H,5,8-9H2,1-4H3,(H2,19,20,21,23). The first-order chi connectivity index (χ1) is 12.3. The molecule has 0 aliphatic heterocycles. The molecule has 1 aromatic rings. The number of nitrogens with one attached hydrogen (secondary N) is 2. The van der Waals surface area contributed by atoms with Crippen LogP contribution in [-0.2, 0) is 9.53 Å². The Labute approximate surface area is 160 Å². The number of hydrogen-bond donors (Lipinski definition) is 2. The first-order valence-electron chi connectivity index (χ1n) is 8.03. The molecule has 0 aliphatic carbocycles. The fourth-order valence-electron chi connectivity index (χ4n) is 1.84. The largest absolute Gasteiger partial charge is 0.493 e. The molecule has 0 radical (unpaired) electrons. The van der Waals surface area contributed by atoms with Crippen LogP contribution in [0.1, 0.15) is 31.1 Å². The molecule has 0 saturated heterocycles. The summed E-state index contributed by atoms with van der Waals surface area (Å²) in [7, 11) is 1.45. The zero-order chi connectivity index (χ0) is 19.7. The summed E-state index contributed by atoms with van der Waals surface area (Å²) in [6, 6.07) is 2.32. The average Bonchev–Trinajstić information content (AvgIpc) is 2.59. The lowest BCUT2D eigenvalue weighted by Crippen LogP contribution is -2.42. The fraction of sp³-hybridized carbons (Fsp3) is 0.471. The minimum absolute atomic E-state index is 0.175. The molecule has 0 aliphatic rings. The molecule has 0 aromatic heterocycles. The van der Waals surface area contributed by atoms with E-state index < -0.39 is 24.5 Å². The van der Waals surface area contributed by atoms with Crippen LogP contribution in [0.4, 0.5) is 4.79 Å². The van der Waals surface area contributed by atoms with Gasteiger partial charge >= 0.3 is 12.0 Å². The highest BCUT2D eigenvalue weighted by atomic mass is 79.9. The van der Waals surface area contributed by atoms with Crippen molar-refractivity contribution in [1.82, 2.24) is 10.6 Å². The van der Waals surface area contributed by atoms with Crippen LogP contribution in [-0.4, -0.2) is 44.8 Å². The molecule has 0 heterocycles. The van der Waals surface area contributed by atoms with E-state index in [0.29, 0.717) is 29.1 Å². The molecule has 0 spiro atoms. The Hall–Kier alpha value is -2.29. The van der Waals surface area contributed by atoms with E-state index in [4.69, 9.17) is 14.2 Å². The quantitative estimate of drug-likeness (QED) is 0.614. The first-order valence-corrected chi connectivity index (χ1v) is 8.82. The number of imide groups is 1. The Bertz CT molecular complexity index is 663. The fourth-order valence-corrected chi connectivity index (χ4v) is 2.40. The van der Waals surface area contributed by atoms with E-state index in [1.54, 1.807) is 0 Å². The summed E-state index contributed by atoms with van der Waals surface area (Å²) in [5.74, 6) is -0.389. The van der Waals surface area contributed by atoms with Crippen LogP contribution in [0, 0.1) is 5.92 Å². The first kappa shape index (κ1) is 21.8. The van der Waals surface area contributed by atoms with Crippen molar-refractivity contribution < 1.29 is 28.6 Å². The molecule has 8 nitrogen and oxygen atoms in total. The number of halogens is 1. The number of hydrogen-bond acceptors (Lipinski definition) is 6. The molecule has 0 atom stereocenters. The SMILES string of the molecule is CCOc1c(Br)cc(C(=O)OCC(=O)NC(=O)NCC(C)C)cc1OC. The molecule has 0 unspecified atom stereocenters. The maximum absolute atomic E-state index is 12.1. The van der Waals surface area contributed by atoms with Gasteiger partial charge in [0.15, 0.2) is 18.1 Å². The van der Waals surface area contributed by atoms with Gasteiger partial charge in [-0.2, -0.15) is 0 Å². The smallest absolute Gasteiger partial charge is 0.338 e. The molecular formula is C17H23BrN2O6. The average molecular weight is 431 g/mol. The molecule has 0 saturated carbocycles. The van der Waals surface area contributed by atoms with Crippen molar-refractivity contribution in [2.75, 3.05) is 26.9 Å². The van der Waals surface area contributed by atoms with Gasteiger partial charge in [0.25, 0.3) is 5.91 Å². The van der Waals surface area contributed by atoms with E-state index in [2.05, 4.69) is 26.6 Å². The van der Waals surface area contributed by atoms with Gasteiger partial charge in [-0.3, -0.25) is 10.1 Å². The monoisotopic (exact) mass is 430 g/mol. The van der Waals surface area contributed by atoms with Crippen molar-refractivity contribution in [1.29, 1.82) is 0 Å². The molecule has 1 aromatic carbocycles. The van der Waals surface area contributed by atoms with Gasteiger partial charge in [-0.25, -0.2) is 9.59 Å². The van der Waals surface area contributed by atoms with Crippen LogP contribution < -0.4 is 20.1 Å². The van der Waals surface area contributed by atoms with Crippen LogP contribution in [0.5, 0.6) is 11.5 Å². The number of amides is 3. The molecule has 0 fully saturated rings. The molecule has 144 valence electrons. The van der Waals surface area contributed by atoms with Gasteiger partial charge in [-0.1, -0.05) is 13.8 Å². The van der Waals surface area contributed by atoms with Crippen LogP contribution in [0.15, 0.2) is 16.6 Å². The highest BCUT2D eigenvalue weighted by molar-refractivity contribution is 9.10. The molecule has 3 amide bonds. The van der Waals surface area contributed by atoms with Crippen LogP contribution >= 0.6 is 15.9 Å². The lowest BCUT2D eigenvalue weighted by molar-refractivity contribution is -0.123. The van der Waals surface area contributed by atoms with Crippen LogP contribution in [0.2, 0.25) is 0 Å². The third kappa shape index (κ3) is 6.91. The number of urea groups is 1. The Morgan fingerprint density at radius 2 is 1.92 bits per heavy atom. The van der Waals surface area contributed by atoms with Crippen LogP contribution in [0.25, 0.3) is 0 Å². The van der Waals surface area contributed by atoms with Gasteiger partial charge in [0.05, 0.1) is 23.8 Å². The maximum Gasteiger partial charge on any atom is 0.338 e. The zero-order valence-electron chi connectivity index (χ0n) is 15.2. The van der Waals surface area contributed by atoms with Crippen molar-refractivity contribution in [2.24, 2.45) is 5.92 Å². The number of methoxy groups -OCH3 is 1. The molecular weight excluding hydrogens is 408 g/mol. The van der Waals surface area contributed by atoms with Gasteiger partial charge in [-0.15, -0.1) is 0 Å². The van der Waals surface area contributed by atoms with Gasteiger partial charge in [0.1, 0.15) is 0 Å². The van der Waals surface area contributed by atoms with Gasteiger partial charge in [0, 0.05) is 6.54 Å². The summed E-state index contributed by atoms with van der Waals surface area (Å²) in [5, 5.41) is 4.61. The number of esters is 1. The van der Waals surface area contributed by atoms with Crippen molar-refractivity contribution >= 4 is 33.8 Å². The van der Waals surface area contributed by atoms with E-state index in [0.717, 1.165) is 0 Å². The lowest BCUT2D eigenvalue weighted by Gasteiger charge is -2.13. The topological polar surface area (TPSA) is 103 Å². The van der Waals surface area contributed by atoms with E-state index in [1.165, 1.54) is 19.2 Å². The normalized spacial score (nSPS) is 10.2. The summed E-state index contributed by atoms with van der Waals surface area (Å²) in [6.45, 7) is 5.95. The third-order valence-corrected chi connectivity index (χ3v) is 3.60. The minimum atomic E-state index is -0.732. The molecule has 26 heavy (non-hydrogen) atoms. The predicted molar refractivity (Wildman–Crippen MR) is 98.5 cm³/mol. The van der Waals surface area contributed by atoms with E-state index in [1.807, 2.05) is 20.8 Å². The second-order valence-corrected chi connectivity index (χ2v) is 6.50. The van der Waals surface area contributed by atoms with E-state index >= 15 is 0 Å². The summed E-state index contributed by atoms with van der Waals surface area (Å²) >= 11 is 3.30. The third-order valence-electron chi connectivity index (χ3n) is 3.01. The van der Waals surface area contributed by atoms with Crippen molar-refractivity contribution in [3.8, 4) is 11.5 Å². The number of carbonyl (C=O) groups is 3. The molecule has 1 rings (SSSR count). The van der Waals surface area contributed by atoms with Crippen LogP contribution in [0.3, 0.4) is 0 Å². The number of carbonyl (C=O) groups excluding carboxylic acids is 3. The second kappa shape index (κ2) is 10.6. The highest BCUT2D eigenvalue weighted by Crippen LogP contribution is 2.36. The Morgan fingerprint density at radius 3 is 2.50 bits per heavy atom. The minimum Gasteiger partial charge on any atom is -0.493 e. The molecule has 0 bridgehead atoms. The summed E-state index contributed by atoms with van der Waals surface area (Å²) < 4.78 is 16.1.